The zero-order valence-electron chi connectivity index (χ0n) is 7.77. The Balaban J connectivity index is 0. The van der Waals surface area contributed by atoms with E-state index in [9.17, 15) is 4.79 Å². The smallest absolute Gasteiger partial charge is 0.348 e. The monoisotopic (exact) mass is 228 g/mol. The summed E-state index contributed by atoms with van der Waals surface area (Å²) in [5.41, 5.74) is 0. The first-order valence-corrected chi connectivity index (χ1v) is 4.25. The van der Waals surface area contributed by atoms with Gasteiger partial charge < -0.3 is 4.74 Å². The Morgan fingerprint density at radius 3 is 2.13 bits per heavy atom. The second kappa shape index (κ2) is 11.9. The fraction of sp³-hybridized carbons (Fsp3) is 0.125. The summed E-state index contributed by atoms with van der Waals surface area (Å²) in [6.45, 7) is 0. The molecule has 0 aliphatic heterocycles. The number of rotatable bonds is 1. The van der Waals surface area contributed by atoms with E-state index in [4.69, 9.17) is 20.4 Å². The average Bonchev–Trinajstić information content (AvgIpc) is 2.72. The van der Waals surface area contributed by atoms with Crippen LogP contribution in [-0.4, -0.2) is 25.2 Å². The van der Waals surface area contributed by atoms with Gasteiger partial charge in [-0.05, 0) is 11.4 Å². The molecule has 7 heteroatoms. The van der Waals surface area contributed by atoms with Gasteiger partial charge >= 0.3 is 5.97 Å². The van der Waals surface area contributed by atoms with Crippen molar-refractivity contribution in [1.29, 1.82) is 10.8 Å². The van der Waals surface area contributed by atoms with Crippen LogP contribution in [-0.2, 0) is 14.3 Å². The highest BCUT2D eigenvalue weighted by Gasteiger charge is 2.03. The number of methoxy groups -OCH3 is 1. The van der Waals surface area contributed by atoms with E-state index in [0.29, 0.717) is 4.88 Å². The Kier molecular flexibility index (Phi) is 12.3. The topological polar surface area (TPSA) is 108 Å². The molecule has 0 bridgehead atoms. The van der Waals surface area contributed by atoms with Crippen molar-refractivity contribution in [1.82, 2.24) is 0 Å². The number of thiophene rings is 1. The predicted molar refractivity (Wildman–Crippen MR) is 52.5 cm³/mol. The molecule has 1 aromatic heterocycles. The second-order valence-corrected chi connectivity index (χ2v) is 2.62. The van der Waals surface area contributed by atoms with E-state index in [0.717, 1.165) is 12.2 Å². The summed E-state index contributed by atoms with van der Waals surface area (Å²) in [4.78, 5) is 28.0. The van der Waals surface area contributed by atoms with Gasteiger partial charge in [0.2, 0.25) is 12.2 Å². The van der Waals surface area contributed by atoms with Crippen LogP contribution < -0.4 is 0 Å². The minimum Gasteiger partial charge on any atom is -0.465 e. The van der Waals surface area contributed by atoms with Crippen molar-refractivity contribution >= 4 is 29.5 Å². The average molecular weight is 228 g/mol. The maximum absolute atomic E-state index is 10.7. The number of ether oxygens (including phenoxy) is 1. The maximum Gasteiger partial charge on any atom is 0.348 e. The number of isocyanates is 2. The number of carbonyl (C=O) groups is 1. The molecule has 6 nitrogen and oxygen atoms in total. The minimum atomic E-state index is -0.259. The normalized spacial score (nSPS) is 6.47. The lowest BCUT2D eigenvalue weighted by Gasteiger charge is -1.90. The van der Waals surface area contributed by atoms with Crippen molar-refractivity contribution in [2.24, 2.45) is 0 Å². The fourth-order valence-corrected chi connectivity index (χ4v) is 1.14. The molecule has 1 aromatic rings. The second-order valence-electron chi connectivity index (χ2n) is 1.67. The molecule has 0 unspecified atom stereocenters. The first-order chi connectivity index (χ1) is 7.17. The number of nitrogens with one attached hydrogen (secondary N) is 2. The molecule has 0 saturated heterocycles. The van der Waals surface area contributed by atoms with E-state index in [1.807, 2.05) is 11.4 Å². The molecule has 0 aromatic carbocycles. The molecule has 1 rings (SSSR count). The van der Waals surface area contributed by atoms with Crippen LogP contribution >= 0.6 is 11.3 Å². The molecule has 1 heterocycles. The van der Waals surface area contributed by atoms with Gasteiger partial charge in [-0.3, -0.25) is 0 Å². The lowest BCUT2D eigenvalue weighted by atomic mass is 10.5. The number of hydrogen-bond donors (Lipinski definition) is 2. The summed E-state index contributed by atoms with van der Waals surface area (Å²) in [5, 5.41) is 12.6. The number of esters is 1. The van der Waals surface area contributed by atoms with Crippen molar-refractivity contribution in [2.75, 3.05) is 7.11 Å². The third-order valence-corrected chi connectivity index (χ3v) is 1.76. The van der Waals surface area contributed by atoms with E-state index in [-0.39, 0.29) is 5.97 Å². The van der Waals surface area contributed by atoms with E-state index in [1.54, 1.807) is 6.07 Å². The van der Waals surface area contributed by atoms with Crippen molar-refractivity contribution < 1.29 is 19.1 Å². The first kappa shape index (κ1) is 15.4. The van der Waals surface area contributed by atoms with Crippen LogP contribution in [0.4, 0.5) is 0 Å². The minimum absolute atomic E-state index is 0.259. The quantitative estimate of drug-likeness (QED) is 0.429. The van der Waals surface area contributed by atoms with E-state index in [2.05, 4.69) is 4.74 Å². The van der Waals surface area contributed by atoms with Gasteiger partial charge in [0.1, 0.15) is 4.88 Å². The third kappa shape index (κ3) is 9.85. The molecule has 0 spiro atoms. The lowest BCUT2D eigenvalue weighted by molar-refractivity contribution is 0.0606. The molecule has 0 saturated carbocycles. The lowest BCUT2D eigenvalue weighted by Crippen LogP contribution is -1.96. The zero-order valence-corrected chi connectivity index (χ0v) is 8.59. The summed E-state index contributed by atoms with van der Waals surface area (Å²) < 4.78 is 4.47. The highest BCUT2D eigenvalue weighted by atomic mass is 32.1. The largest absolute Gasteiger partial charge is 0.465 e. The van der Waals surface area contributed by atoms with Gasteiger partial charge in [-0.25, -0.2) is 25.2 Å². The molecule has 0 radical (unpaired) electrons. The molecule has 0 fully saturated rings. The Bertz CT molecular complexity index is 324. The molecule has 0 aliphatic rings. The Hall–Kier alpha value is -2.07. The van der Waals surface area contributed by atoms with Crippen molar-refractivity contribution in [3.05, 3.63) is 22.4 Å². The molecule has 2 N–H and O–H groups in total. The molecule has 0 atom stereocenters. The highest BCUT2D eigenvalue weighted by Crippen LogP contribution is 2.08. The first-order valence-electron chi connectivity index (χ1n) is 3.37. The van der Waals surface area contributed by atoms with Gasteiger partial charge in [-0.15, -0.1) is 11.3 Å². The molecular weight excluding hydrogens is 220 g/mol. The summed E-state index contributed by atoms with van der Waals surface area (Å²) in [7, 11) is 1.38. The maximum atomic E-state index is 10.7. The molecule has 0 amide bonds. The van der Waals surface area contributed by atoms with Crippen LogP contribution in [0.2, 0.25) is 0 Å². The van der Waals surface area contributed by atoms with Crippen LogP contribution in [0.15, 0.2) is 17.5 Å². The summed E-state index contributed by atoms with van der Waals surface area (Å²) in [6, 6.07) is 3.55. The van der Waals surface area contributed by atoms with Gasteiger partial charge in [-0.2, -0.15) is 0 Å². The van der Waals surface area contributed by atoms with Crippen LogP contribution in [0.3, 0.4) is 0 Å². The molecular formula is C8H8N2O4S. The van der Waals surface area contributed by atoms with Gasteiger partial charge in [-0.1, -0.05) is 6.07 Å². The fourth-order valence-electron chi connectivity index (χ4n) is 0.495. The number of carbonyl (C=O) groups excluding carboxylic acids is 3. The van der Waals surface area contributed by atoms with Crippen molar-refractivity contribution in [2.45, 2.75) is 0 Å². The van der Waals surface area contributed by atoms with Crippen LogP contribution in [0.1, 0.15) is 9.67 Å². The molecule has 15 heavy (non-hydrogen) atoms. The van der Waals surface area contributed by atoms with Crippen LogP contribution in [0, 0.1) is 10.8 Å². The summed E-state index contributed by atoms with van der Waals surface area (Å²) >= 11 is 1.38. The Labute approximate surface area is 89.5 Å². The Morgan fingerprint density at radius 1 is 1.40 bits per heavy atom. The summed E-state index contributed by atoms with van der Waals surface area (Å²) in [5.74, 6) is -0.259. The van der Waals surface area contributed by atoms with Gasteiger partial charge in [0, 0.05) is 0 Å². The van der Waals surface area contributed by atoms with Gasteiger partial charge in [0.25, 0.3) is 0 Å². The molecule has 80 valence electrons. The summed E-state index contributed by atoms with van der Waals surface area (Å²) in [6.07, 6.45) is 1.50. The molecule has 0 aliphatic carbocycles. The SMILES string of the molecule is COC(=O)c1cccs1.N=C=O.N=C=O. The van der Waals surface area contributed by atoms with E-state index < -0.39 is 0 Å². The van der Waals surface area contributed by atoms with E-state index >= 15 is 0 Å². The predicted octanol–water partition coefficient (Wildman–Crippen LogP) is 1.34. The third-order valence-electron chi connectivity index (χ3n) is 0.908. The van der Waals surface area contributed by atoms with Gasteiger partial charge in [0.05, 0.1) is 7.11 Å². The van der Waals surface area contributed by atoms with Gasteiger partial charge in [0.15, 0.2) is 0 Å². The van der Waals surface area contributed by atoms with Crippen molar-refractivity contribution in [3.63, 3.8) is 0 Å². The van der Waals surface area contributed by atoms with Crippen LogP contribution in [0.25, 0.3) is 0 Å². The standard InChI is InChI=1S/C6H6O2S.2CHNO/c1-8-6(7)5-3-2-4-9-5;2*2-1-3/h2-4H,1H3;2*2H. The number of hydrogen-bond acceptors (Lipinski definition) is 7. The van der Waals surface area contributed by atoms with Crippen molar-refractivity contribution in [3.8, 4) is 0 Å². The highest BCUT2D eigenvalue weighted by molar-refractivity contribution is 7.11. The zero-order chi connectivity index (χ0) is 12.1. The van der Waals surface area contributed by atoms with Crippen LogP contribution in [0.5, 0.6) is 0 Å². The van der Waals surface area contributed by atoms with E-state index in [1.165, 1.54) is 18.4 Å². The Morgan fingerprint density at radius 2 is 1.87 bits per heavy atom.